The number of alkyl halides is 3. The number of hydrogen-bond donors (Lipinski definition) is 5. The Morgan fingerprint density at radius 3 is 2.42 bits per heavy atom. The summed E-state index contributed by atoms with van der Waals surface area (Å²) in [6.07, 6.45) is -2.73. The molecule has 0 spiro atoms. The average Bonchev–Trinajstić information content (AvgIpc) is 2.82. The van der Waals surface area contributed by atoms with E-state index in [2.05, 4.69) is 35.6 Å². The molecule has 15 heteroatoms. The highest BCUT2D eigenvalue weighted by Crippen LogP contribution is 2.34. The number of aromatic nitrogens is 3. The topological polar surface area (TPSA) is 164 Å². The Morgan fingerprint density at radius 2 is 1.78 bits per heavy atom. The molecule has 3 aromatic rings. The van der Waals surface area contributed by atoms with E-state index < -0.39 is 33.6 Å². The fraction of sp³-hybridized carbons (Fsp3) is 0.238. The third-order valence-corrected chi connectivity index (χ3v) is 6.01. The van der Waals surface area contributed by atoms with E-state index in [-0.39, 0.29) is 30.6 Å². The second-order valence-electron chi connectivity index (χ2n) is 7.36. The Balaban J connectivity index is 1.81. The van der Waals surface area contributed by atoms with Crippen LogP contribution in [0.1, 0.15) is 23.6 Å². The van der Waals surface area contributed by atoms with Gasteiger partial charge in [-0.25, -0.2) is 23.2 Å². The number of rotatable bonds is 10. The number of amides is 2. The van der Waals surface area contributed by atoms with Crippen LogP contribution in [0.4, 0.5) is 41.2 Å². The summed E-state index contributed by atoms with van der Waals surface area (Å²) in [5.41, 5.74) is 5.50. The van der Waals surface area contributed by atoms with Gasteiger partial charge in [0.15, 0.2) is 0 Å². The van der Waals surface area contributed by atoms with E-state index in [1.165, 1.54) is 25.3 Å². The van der Waals surface area contributed by atoms with E-state index >= 15 is 0 Å². The first-order chi connectivity index (χ1) is 17.0. The molecule has 0 unspecified atom stereocenters. The average molecular weight is 525 g/mol. The molecule has 0 saturated carbocycles. The normalized spacial score (nSPS) is 11.6. The molecule has 0 radical (unpaired) electrons. The maximum absolute atomic E-state index is 13.6. The molecule has 0 saturated heterocycles. The van der Waals surface area contributed by atoms with Crippen molar-refractivity contribution in [1.29, 1.82) is 0 Å². The van der Waals surface area contributed by atoms with Crippen molar-refractivity contribution >= 4 is 39.3 Å². The maximum Gasteiger partial charge on any atom is 0.421 e. The Labute approximate surface area is 204 Å². The highest BCUT2D eigenvalue weighted by atomic mass is 32.2. The van der Waals surface area contributed by atoms with Gasteiger partial charge >= 0.3 is 12.2 Å². The van der Waals surface area contributed by atoms with Crippen LogP contribution in [0.3, 0.4) is 0 Å². The van der Waals surface area contributed by atoms with Crippen LogP contribution >= 0.6 is 0 Å². The van der Waals surface area contributed by atoms with Crippen LogP contribution in [0.25, 0.3) is 0 Å². The number of nitrogens with zero attached hydrogens (tertiary/aromatic N) is 3. The summed E-state index contributed by atoms with van der Waals surface area (Å²) >= 11 is 0. The van der Waals surface area contributed by atoms with Gasteiger partial charge in [0, 0.05) is 36.7 Å². The number of benzene rings is 1. The molecule has 36 heavy (non-hydrogen) atoms. The predicted molar refractivity (Wildman–Crippen MR) is 128 cm³/mol. The first kappa shape index (κ1) is 26.5. The maximum atomic E-state index is 13.6. The van der Waals surface area contributed by atoms with Gasteiger partial charge in [0.25, 0.3) is 0 Å². The van der Waals surface area contributed by atoms with Crippen LogP contribution in [-0.2, 0) is 29.3 Å². The number of pyridine rings is 1. The lowest BCUT2D eigenvalue weighted by molar-refractivity contribution is -0.137. The lowest BCUT2D eigenvalue weighted by atomic mass is 10.2. The third-order valence-electron chi connectivity index (χ3n) is 4.74. The van der Waals surface area contributed by atoms with Gasteiger partial charge in [0.1, 0.15) is 17.2 Å². The van der Waals surface area contributed by atoms with Crippen LogP contribution in [0.2, 0.25) is 0 Å². The number of sulfonamides is 1. The molecule has 0 aliphatic carbocycles. The fourth-order valence-electron chi connectivity index (χ4n) is 2.88. The number of anilines is 4. The van der Waals surface area contributed by atoms with Crippen molar-refractivity contribution in [3.63, 3.8) is 0 Å². The van der Waals surface area contributed by atoms with E-state index in [1.54, 1.807) is 24.3 Å². The van der Waals surface area contributed by atoms with Crippen molar-refractivity contribution in [1.82, 2.24) is 20.3 Å². The van der Waals surface area contributed by atoms with Gasteiger partial charge in [0.05, 0.1) is 5.75 Å². The molecule has 0 bridgehead atoms. The molecule has 1 aromatic carbocycles. The van der Waals surface area contributed by atoms with Gasteiger partial charge in [0.2, 0.25) is 16.0 Å². The molecule has 0 atom stereocenters. The van der Waals surface area contributed by atoms with Gasteiger partial charge in [-0.05, 0) is 30.7 Å². The van der Waals surface area contributed by atoms with Crippen molar-refractivity contribution in [2.75, 3.05) is 21.1 Å². The van der Waals surface area contributed by atoms with Crippen molar-refractivity contribution in [3.8, 4) is 0 Å². The summed E-state index contributed by atoms with van der Waals surface area (Å²) in [5, 5.41) is 7.87. The first-order valence-electron chi connectivity index (χ1n) is 10.5. The zero-order valence-corrected chi connectivity index (χ0v) is 19.7. The van der Waals surface area contributed by atoms with Crippen molar-refractivity contribution in [2.45, 2.75) is 26.2 Å². The quantitative estimate of drug-likeness (QED) is 0.270. The summed E-state index contributed by atoms with van der Waals surface area (Å²) < 4.78 is 66.8. The number of nitrogens with two attached hydrogens (primary N) is 1. The van der Waals surface area contributed by atoms with Crippen LogP contribution < -0.4 is 26.4 Å². The number of urea groups is 1. The van der Waals surface area contributed by atoms with Crippen LogP contribution in [0.15, 0.2) is 48.8 Å². The van der Waals surface area contributed by atoms with Gasteiger partial charge in [-0.2, -0.15) is 18.2 Å². The van der Waals surface area contributed by atoms with Crippen LogP contribution in [-0.4, -0.2) is 35.2 Å². The molecule has 2 aromatic heterocycles. The molecule has 3 rings (SSSR count). The largest absolute Gasteiger partial charge is 0.421 e. The third kappa shape index (κ3) is 7.43. The predicted octanol–water partition coefficient (Wildman–Crippen LogP) is 3.18. The molecule has 6 N–H and O–H groups in total. The molecular formula is C21H23F3N8O3S. The Morgan fingerprint density at radius 1 is 1.06 bits per heavy atom. The molecule has 0 fully saturated rings. The van der Waals surface area contributed by atoms with Gasteiger partial charge in [-0.3, -0.25) is 4.72 Å². The van der Waals surface area contributed by atoms with Crippen molar-refractivity contribution in [3.05, 3.63) is 65.5 Å². The standard InChI is InChI=1S/C21H23F3N8O3S/c1-2-36(34,35)32-17-14(4-3-9-26-17)11-27-18-16(21(22,23)24)12-29-20(31-18)30-15-7-5-13(6-8-15)10-28-19(25)33/h3-9,12H,2,10-11H2,1H3,(H,26,32)(H3,25,28,33)(H2,27,29,30,31). The number of nitrogens with one attached hydrogen (secondary N) is 4. The molecule has 2 amide bonds. The SMILES string of the molecule is CCS(=O)(=O)Nc1ncccc1CNc1nc(Nc2ccc(CNC(N)=O)cc2)ncc1C(F)(F)F. The number of primary amides is 1. The monoisotopic (exact) mass is 524 g/mol. The second kappa shape index (κ2) is 11.1. The lowest BCUT2D eigenvalue weighted by Crippen LogP contribution is -2.28. The molecule has 11 nitrogen and oxygen atoms in total. The second-order valence-corrected chi connectivity index (χ2v) is 9.37. The van der Waals surface area contributed by atoms with E-state index in [1.807, 2.05) is 0 Å². The van der Waals surface area contributed by atoms with Gasteiger partial charge in [-0.15, -0.1) is 0 Å². The molecule has 2 heterocycles. The molecular weight excluding hydrogens is 501 g/mol. The summed E-state index contributed by atoms with van der Waals surface area (Å²) in [5.74, 6) is -0.807. The van der Waals surface area contributed by atoms with Crippen LogP contribution in [0.5, 0.6) is 0 Å². The fourth-order valence-corrected chi connectivity index (χ4v) is 3.50. The minimum atomic E-state index is -4.74. The smallest absolute Gasteiger partial charge is 0.365 e. The van der Waals surface area contributed by atoms with E-state index in [0.29, 0.717) is 17.4 Å². The van der Waals surface area contributed by atoms with Crippen molar-refractivity contribution in [2.24, 2.45) is 5.73 Å². The summed E-state index contributed by atoms with van der Waals surface area (Å²) in [6, 6.07) is 9.01. The number of carbonyl (C=O) groups is 1. The van der Waals surface area contributed by atoms with Crippen molar-refractivity contribution < 1.29 is 26.4 Å². The minimum Gasteiger partial charge on any atom is -0.365 e. The Bertz CT molecular complexity index is 1320. The van der Waals surface area contributed by atoms with Crippen LogP contribution in [0, 0.1) is 0 Å². The highest BCUT2D eigenvalue weighted by molar-refractivity contribution is 7.92. The molecule has 0 aliphatic rings. The van der Waals surface area contributed by atoms with E-state index in [9.17, 15) is 26.4 Å². The summed E-state index contributed by atoms with van der Waals surface area (Å²) in [6.45, 7) is 1.46. The molecule has 0 aliphatic heterocycles. The Kier molecular flexibility index (Phi) is 8.14. The summed E-state index contributed by atoms with van der Waals surface area (Å²) in [7, 11) is -3.64. The van der Waals surface area contributed by atoms with E-state index in [0.717, 1.165) is 5.56 Å². The molecule has 192 valence electrons. The van der Waals surface area contributed by atoms with Gasteiger partial charge < -0.3 is 21.7 Å². The zero-order chi connectivity index (χ0) is 26.3. The summed E-state index contributed by atoms with van der Waals surface area (Å²) in [4.78, 5) is 22.5. The van der Waals surface area contributed by atoms with Gasteiger partial charge in [-0.1, -0.05) is 18.2 Å². The minimum absolute atomic E-state index is 0.00118. The number of halogens is 3. The number of hydrogen-bond acceptors (Lipinski definition) is 8. The first-order valence-corrected chi connectivity index (χ1v) is 12.1. The van der Waals surface area contributed by atoms with E-state index in [4.69, 9.17) is 5.73 Å². The Hall–Kier alpha value is -4.14. The number of carbonyl (C=O) groups excluding carboxylic acids is 1. The lowest BCUT2D eigenvalue weighted by Gasteiger charge is -2.16. The zero-order valence-electron chi connectivity index (χ0n) is 18.9. The highest BCUT2D eigenvalue weighted by Gasteiger charge is 2.35.